The predicted octanol–water partition coefficient (Wildman–Crippen LogP) is 3.72. The van der Waals surface area contributed by atoms with Crippen LogP contribution in [0.1, 0.15) is 27.9 Å². The van der Waals surface area contributed by atoms with Gasteiger partial charge in [-0.3, -0.25) is 14.9 Å². The molecule has 1 aromatic carbocycles. The van der Waals surface area contributed by atoms with Crippen LogP contribution in [-0.4, -0.2) is 29.0 Å². The number of nitrogens with one attached hydrogen (secondary N) is 1. The number of thioether (sulfide) groups is 1. The Labute approximate surface area is 148 Å². The van der Waals surface area contributed by atoms with Gasteiger partial charge in [-0.2, -0.15) is 0 Å². The molecule has 1 aromatic heterocycles. The Morgan fingerprint density at radius 1 is 1.25 bits per heavy atom. The molecule has 24 heavy (non-hydrogen) atoms. The second kappa shape index (κ2) is 7.19. The molecule has 1 aliphatic rings. The maximum atomic E-state index is 12.6. The largest absolute Gasteiger partial charge is 0.486 e. The van der Waals surface area contributed by atoms with Crippen molar-refractivity contribution in [2.75, 3.05) is 17.7 Å². The average molecular weight is 360 g/mol. The van der Waals surface area contributed by atoms with Crippen LogP contribution in [0.15, 0.2) is 36.1 Å². The number of carbonyl (C=O) groups is 2. The number of amides is 1. The number of aromatic nitrogens is 1. The fraction of sp³-hybridized carbons (Fsp3) is 0.235. The molecule has 0 unspecified atom stereocenters. The molecule has 0 atom stereocenters. The molecule has 0 saturated carbocycles. The zero-order valence-corrected chi connectivity index (χ0v) is 14.9. The van der Waals surface area contributed by atoms with Gasteiger partial charge in [0.15, 0.2) is 16.7 Å². The van der Waals surface area contributed by atoms with Crippen LogP contribution in [0, 0.1) is 6.92 Å². The topological polar surface area (TPSA) is 68.3 Å². The predicted molar refractivity (Wildman–Crippen MR) is 97.3 cm³/mol. The van der Waals surface area contributed by atoms with E-state index in [1.807, 2.05) is 30.3 Å². The van der Waals surface area contributed by atoms with Crippen molar-refractivity contribution in [2.24, 2.45) is 0 Å². The van der Waals surface area contributed by atoms with Gasteiger partial charge in [-0.15, -0.1) is 11.8 Å². The number of aryl methyl sites for hydroxylation is 1. The van der Waals surface area contributed by atoms with E-state index < -0.39 is 0 Å². The molecule has 0 radical (unpaired) electrons. The van der Waals surface area contributed by atoms with Crippen molar-refractivity contribution in [2.45, 2.75) is 13.8 Å². The van der Waals surface area contributed by atoms with Crippen molar-refractivity contribution >= 4 is 44.8 Å². The van der Waals surface area contributed by atoms with Gasteiger partial charge in [0.05, 0.1) is 22.1 Å². The second-order valence-electron chi connectivity index (χ2n) is 5.17. The number of benzene rings is 1. The summed E-state index contributed by atoms with van der Waals surface area (Å²) >= 11 is 2.78. The number of Topliss-reactive ketones (excluding diaryl/α,β-unsaturated/α-hetero) is 1. The molecule has 124 valence electrons. The van der Waals surface area contributed by atoms with E-state index >= 15 is 0 Å². The summed E-state index contributed by atoms with van der Waals surface area (Å²) in [6.45, 7) is 3.73. The fourth-order valence-corrected chi connectivity index (χ4v) is 4.13. The van der Waals surface area contributed by atoms with Crippen LogP contribution in [0.5, 0.6) is 0 Å². The van der Waals surface area contributed by atoms with Gasteiger partial charge in [-0.1, -0.05) is 41.7 Å². The number of ketones is 1. The highest BCUT2D eigenvalue weighted by molar-refractivity contribution is 8.08. The van der Waals surface area contributed by atoms with E-state index in [0.29, 0.717) is 28.1 Å². The second-order valence-corrected chi connectivity index (χ2v) is 7.27. The summed E-state index contributed by atoms with van der Waals surface area (Å²) in [6, 6.07) is 9.68. The van der Waals surface area contributed by atoms with E-state index in [4.69, 9.17) is 4.74 Å². The van der Waals surface area contributed by atoms with Gasteiger partial charge in [0, 0.05) is 12.7 Å². The zero-order chi connectivity index (χ0) is 17.1. The molecule has 1 aliphatic heterocycles. The molecule has 0 spiro atoms. The lowest BCUT2D eigenvalue weighted by Crippen LogP contribution is -2.21. The molecule has 0 fully saturated rings. The van der Waals surface area contributed by atoms with Crippen molar-refractivity contribution in [3.8, 4) is 0 Å². The number of anilines is 1. The third kappa shape index (κ3) is 3.52. The summed E-state index contributed by atoms with van der Waals surface area (Å²) in [6.07, 6.45) is 0. The Morgan fingerprint density at radius 2 is 2.00 bits per heavy atom. The number of hydrogen-bond donors (Lipinski definition) is 1. The Kier molecular flexibility index (Phi) is 5.01. The van der Waals surface area contributed by atoms with E-state index in [-0.39, 0.29) is 11.7 Å². The molecule has 2 heterocycles. The van der Waals surface area contributed by atoms with Crippen LogP contribution >= 0.6 is 23.1 Å². The lowest BCUT2D eigenvalue weighted by molar-refractivity contribution is -0.115. The maximum Gasteiger partial charge on any atom is 0.293 e. The fourth-order valence-electron chi connectivity index (χ4n) is 2.32. The van der Waals surface area contributed by atoms with Crippen LogP contribution < -0.4 is 5.32 Å². The van der Waals surface area contributed by atoms with Gasteiger partial charge in [0.2, 0.25) is 0 Å². The minimum atomic E-state index is -0.343. The third-order valence-electron chi connectivity index (χ3n) is 3.36. The highest BCUT2D eigenvalue weighted by Crippen LogP contribution is 2.35. The van der Waals surface area contributed by atoms with Crippen LogP contribution in [0.3, 0.4) is 0 Å². The summed E-state index contributed by atoms with van der Waals surface area (Å²) in [5.41, 5.74) is 1.58. The molecular formula is C17H16N2O3S2. The maximum absolute atomic E-state index is 12.6. The smallest absolute Gasteiger partial charge is 0.293 e. The standard InChI is InChI=1S/C17H16N2O3S2/c1-10-14(11(2)20)24-17(18-10)19-16(21)13-15(23-9-8-22-13)12-6-4-3-5-7-12/h3-7H,8-9H2,1-2H3,(H,18,19,21). The molecule has 1 N–H and O–H groups in total. The number of thiazole rings is 1. The molecule has 0 saturated heterocycles. The van der Waals surface area contributed by atoms with Crippen LogP contribution in [0.2, 0.25) is 0 Å². The van der Waals surface area contributed by atoms with Crippen LogP contribution in [-0.2, 0) is 9.53 Å². The van der Waals surface area contributed by atoms with Crippen LogP contribution in [0.4, 0.5) is 5.13 Å². The van der Waals surface area contributed by atoms with E-state index in [1.54, 1.807) is 18.7 Å². The SMILES string of the molecule is CC(=O)c1sc(NC(=O)C2=C(c3ccccc3)SCCO2)nc1C. The molecule has 5 nitrogen and oxygen atoms in total. The Morgan fingerprint density at radius 3 is 2.67 bits per heavy atom. The summed E-state index contributed by atoms with van der Waals surface area (Å²) in [5, 5.41) is 3.15. The van der Waals surface area contributed by atoms with Gasteiger partial charge >= 0.3 is 0 Å². The van der Waals surface area contributed by atoms with E-state index in [9.17, 15) is 9.59 Å². The van der Waals surface area contributed by atoms with Crippen LogP contribution in [0.25, 0.3) is 4.91 Å². The number of rotatable bonds is 4. The van der Waals surface area contributed by atoms with E-state index in [1.165, 1.54) is 18.3 Å². The van der Waals surface area contributed by atoms with Crippen molar-refractivity contribution in [1.82, 2.24) is 4.98 Å². The number of ether oxygens (including phenoxy) is 1. The summed E-state index contributed by atoms with van der Waals surface area (Å²) in [5.74, 6) is 0.699. The number of carbonyl (C=O) groups excluding carboxylic acids is 2. The first-order chi connectivity index (χ1) is 11.6. The zero-order valence-electron chi connectivity index (χ0n) is 13.3. The molecule has 0 bridgehead atoms. The summed E-state index contributed by atoms with van der Waals surface area (Å²) in [4.78, 5) is 29.8. The number of nitrogens with zero attached hydrogens (tertiary/aromatic N) is 1. The molecular weight excluding hydrogens is 344 g/mol. The summed E-state index contributed by atoms with van der Waals surface area (Å²) < 4.78 is 5.62. The van der Waals surface area contributed by atoms with Crippen molar-refractivity contribution in [3.63, 3.8) is 0 Å². The highest BCUT2D eigenvalue weighted by Gasteiger charge is 2.24. The minimum absolute atomic E-state index is 0.0563. The number of hydrogen-bond acceptors (Lipinski definition) is 6. The first-order valence-corrected chi connectivity index (χ1v) is 9.21. The third-order valence-corrected chi connectivity index (χ3v) is 5.62. The van der Waals surface area contributed by atoms with Gasteiger partial charge in [0.25, 0.3) is 5.91 Å². The van der Waals surface area contributed by atoms with Gasteiger partial charge in [-0.05, 0) is 12.5 Å². The molecule has 0 aliphatic carbocycles. The molecule has 2 aromatic rings. The molecule has 3 rings (SSSR count). The Balaban J connectivity index is 1.88. The lowest BCUT2D eigenvalue weighted by atomic mass is 10.2. The van der Waals surface area contributed by atoms with Gasteiger partial charge in [-0.25, -0.2) is 4.98 Å². The molecule has 1 amide bonds. The minimum Gasteiger partial charge on any atom is -0.486 e. The Hall–Kier alpha value is -2.12. The van der Waals surface area contributed by atoms with Crippen molar-refractivity contribution in [1.29, 1.82) is 0 Å². The monoisotopic (exact) mass is 360 g/mol. The first-order valence-electron chi connectivity index (χ1n) is 7.41. The first kappa shape index (κ1) is 16.7. The lowest BCUT2D eigenvalue weighted by Gasteiger charge is -2.20. The average Bonchev–Trinajstić information content (AvgIpc) is 2.96. The Bertz CT molecular complexity index is 812. The van der Waals surface area contributed by atoms with Gasteiger partial charge in [0.1, 0.15) is 0 Å². The van der Waals surface area contributed by atoms with Crippen molar-refractivity contribution < 1.29 is 14.3 Å². The van der Waals surface area contributed by atoms with E-state index in [2.05, 4.69) is 10.3 Å². The normalized spacial score (nSPS) is 14.2. The highest BCUT2D eigenvalue weighted by atomic mass is 32.2. The summed E-state index contributed by atoms with van der Waals surface area (Å²) in [7, 11) is 0. The van der Waals surface area contributed by atoms with Crippen molar-refractivity contribution in [3.05, 3.63) is 52.2 Å². The van der Waals surface area contributed by atoms with Gasteiger partial charge < -0.3 is 4.74 Å². The quantitative estimate of drug-likeness (QED) is 0.842. The molecule has 7 heteroatoms. The van der Waals surface area contributed by atoms with E-state index in [0.717, 1.165) is 16.2 Å².